The van der Waals surface area contributed by atoms with Crippen LogP contribution in [0.15, 0.2) is 118 Å². The zero-order valence-corrected chi connectivity index (χ0v) is 27.2. The van der Waals surface area contributed by atoms with Crippen molar-refractivity contribution in [1.29, 1.82) is 0 Å². The Bertz CT molecular complexity index is 1300. The monoisotopic (exact) mass is 697 g/mol. The molecule has 1 saturated carbocycles. The Morgan fingerprint density at radius 1 is 0.610 bits per heavy atom. The quantitative estimate of drug-likeness (QED) is 0.160. The Hall–Kier alpha value is -2.31. The van der Waals surface area contributed by atoms with Crippen molar-refractivity contribution in [1.82, 2.24) is 5.32 Å². The van der Waals surface area contributed by atoms with Crippen molar-refractivity contribution < 1.29 is 9.47 Å². The van der Waals surface area contributed by atoms with E-state index in [0.29, 0.717) is 13.2 Å². The normalized spacial score (nSPS) is 15.8. The van der Waals surface area contributed by atoms with Crippen LogP contribution in [-0.2, 0) is 0 Å². The molecule has 4 aromatic rings. The van der Waals surface area contributed by atoms with Crippen molar-refractivity contribution in [3.63, 3.8) is 0 Å². The van der Waals surface area contributed by atoms with Crippen molar-refractivity contribution in [2.24, 2.45) is 0 Å². The van der Waals surface area contributed by atoms with Gasteiger partial charge in [0.1, 0.15) is 11.5 Å². The number of hydrogen-bond acceptors (Lipinski definition) is 3. The van der Waals surface area contributed by atoms with Gasteiger partial charge in [0.05, 0.1) is 13.2 Å². The first-order chi connectivity index (χ1) is 19.6. The van der Waals surface area contributed by atoms with Crippen molar-refractivity contribution in [3.05, 3.63) is 129 Å². The minimum Gasteiger partial charge on any atom is -0.493 e. The van der Waals surface area contributed by atoms with Crippen LogP contribution in [0.1, 0.15) is 55.1 Å². The third kappa shape index (κ3) is 8.84. The van der Waals surface area contributed by atoms with E-state index in [4.69, 9.17) is 9.47 Å². The van der Waals surface area contributed by atoms with E-state index in [2.05, 4.69) is 97.8 Å². The predicted molar refractivity (Wildman–Crippen MR) is 179 cm³/mol. The molecule has 41 heavy (non-hydrogen) atoms. The molecule has 1 N–H and O–H groups in total. The highest BCUT2D eigenvalue weighted by molar-refractivity contribution is 9.10. The molecule has 1 fully saturated rings. The summed E-state index contributed by atoms with van der Waals surface area (Å²) in [5, 5.41) is 4.15. The zero-order chi connectivity index (χ0) is 27.6. The van der Waals surface area contributed by atoms with E-state index in [1.807, 2.05) is 48.5 Å². The summed E-state index contributed by atoms with van der Waals surface area (Å²) in [7, 11) is 0. The molecule has 2 unspecified atom stereocenters. The second-order valence-electron chi connectivity index (χ2n) is 10.7. The molecule has 0 amide bonds. The van der Waals surface area contributed by atoms with Crippen LogP contribution in [0.2, 0.25) is 0 Å². The smallest absolute Gasteiger partial charge is 0.119 e. The summed E-state index contributed by atoms with van der Waals surface area (Å²) in [6.45, 7) is 2.08. The van der Waals surface area contributed by atoms with E-state index >= 15 is 0 Å². The van der Waals surface area contributed by atoms with Crippen LogP contribution in [-0.4, -0.2) is 25.3 Å². The van der Waals surface area contributed by atoms with Gasteiger partial charge < -0.3 is 14.8 Å². The van der Waals surface area contributed by atoms with E-state index in [0.717, 1.165) is 39.8 Å². The molecule has 4 aromatic carbocycles. The van der Waals surface area contributed by atoms with Crippen LogP contribution >= 0.6 is 44.3 Å². The molecule has 1 aliphatic rings. The summed E-state index contributed by atoms with van der Waals surface area (Å²) in [5.74, 6) is 2.23. The lowest BCUT2D eigenvalue weighted by molar-refractivity contribution is 0.137. The van der Waals surface area contributed by atoms with Gasteiger partial charge in [0.25, 0.3) is 0 Å². The van der Waals surface area contributed by atoms with Gasteiger partial charge in [-0.25, -0.2) is 0 Å². The highest BCUT2D eigenvalue weighted by Crippen LogP contribution is 2.41. The van der Waals surface area contributed by atoms with E-state index in [1.54, 1.807) is 0 Å². The largest absolute Gasteiger partial charge is 0.493 e. The SMILES string of the molecule is Brc1ccc(OCC(CNC2(C(COc3ccc(Br)cc3)c3ccccc3)CCCCC2)c2ccccc2)cc1.Cl. The Kier molecular flexibility index (Phi) is 12.2. The fourth-order valence-corrected chi connectivity index (χ4v) is 6.38. The molecule has 2 atom stereocenters. The van der Waals surface area contributed by atoms with Gasteiger partial charge in [-0.15, -0.1) is 12.4 Å². The second-order valence-corrected chi connectivity index (χ2v) is 12.5. The molecule has 5 rings (SSSR count). The summed E-state index contributed by atoms with van der Waals surface area (Å²) in [6, 6.07) is 37.9. The molecular weight excluding hydrogens is 662 g/mol. The first-order valence-corrected chi connectivity index (χ1v) is 15.8. The molecule has 0 bridgehead atoms. The minimum absolute atomic E-state index is 0. The van der Waals surface area contributed by atoms with Gasteiger partial charge in [-0.05, 0) is 72.5 Å². The van der Waals surface area contributed by atoms with Crippen LogP contribution in [0, 0.1) is 0 Å². The number of halogens is 3. The van der Waals surface area contributed by atoms with Gasteiger partial charge >= 0.3 is 0 Å². The van der Waals surface area contributed by atoms with Gasteiger partial charge in [-0.3, -0.25) is 0 Å². The van der Waals surface area contributed by atoms with Gasteiger partial charge in [-0.2, -0.15) is 0 Å². The number of nitrogens with one attached hydrogen (secondary N) is 1. The molecule has 0 aliphatic heterocycles. The lowest BCUT2D eigenvalue weighted by atomic mass is 9.70. The standard InChI is InChI=1S/C35H37Br2NO2.ClH/c36-30-14-18-32(19-15-30)39-25-29(27-10-4-1-5-11-27)24-38-35(22-8-3-9-23-35)34(28-12-6-2-7-13-28)26-40-33-20-16-31(37)17-21-33;/h1-2,4-7,10-21,29,34,38H,3,8-9,22-26H2;1H. The molecule has 3 nitrogen and oxygen atoms in total. The van der Waals surface area contributed by atoms with E-state index in [-0.39, 0.29) is 29.8 Å². The predicted octanol–water partition coefficient (Wildman–Crippen LogP) is 9.95. The lowest BCUT2D eigenvalue weighted by Crippen LogP contribution is -2.54. The van der Waals surface area contributed by atoms with Crippen molar-refractivity contribution in [2.45, 2.75) is 49.5 Å². The van der Waals surface area contributed by atoms with Crippen LogP contribution in [0.25, 0.3) is 0 Å². The third-order valence-electron chi connectivity index (χ3n) is 8.08. The third-order valence-corrected chi connectivity index (χ3v) is 9.14. The van der Waals surface area contributed by atoms with Crippen molar-refractivity contribution in [2.75, 3.05) is 19.8 Å². The first kappa shape index (κ1) is 31.6. The maximum Gasteiger partial charge on any atom is 0.119 e. The fraction of sp³-hybridized carbons (Fsp3) is 0.314. The van der Waals surface area contributed by atoms with Gasteiger partial charge in [-0.1, -0.05) is 112 Å². The Balaban J connectivity index is 0.00000387. The molecule has 0 heterocycles. The Morgan fingerprint density at radius 2 is 1.10 bits per heavy atom. The van der Waals surface area contributed by atoms with Gasteiger partial charge in [0, 0.05) is 32.9 Å². The van der Waals surface area contributed by atoms with Gasteiger partial charge in [0.15, 0.2) is 0 Å². The summed E-state index contributed by atoms with van der Waals surface area (Å²) >= 11 is 7.06. The summed E-state index contributed by atoms with van der Waals surface area (Å²) in [6.07, 6.45) is 5.99. The maximum absolute atomic E-state index is 6.47. The maximum atomic E-state index is 6.47. The molecule has 0 spiro atoms. The number of rotatable bonds is 12. The van der Waals surface area contributed by atoms with E-state index in [9.17, 15) is 0 Å². The fourth-order valence-electron chi connectivity index (χ4n) is 5.85. The van der Waals surface area contributed by atoms with Gasteiger partial charge in [0.2, 0.25) is 0 Å². The zero-order valence-electron chi connectivity index (χ0n) is 23.2. The molecule has 6 heteroatoms. The summed E-state index contributed by atoms with van der Waals surface area (Å²) < 4.78 is 14.9. The molecule has 0 aromatic heterocycles. The molecule has 1 aliphatic carbocycles. The van der Waals surface area contributed by atoms with E-state index < -0.39 is 0 Å². The lowest BCUT2D eigenvalue weighted by Gasteiger charge is -2.45. The average Bonchev–Trinajstić information content (AvgIpc) is 3.00. The first-order valence-electron chi connectivity index (χ1n) is 14.2. The number of benzene rings is 4. The van der Waals surface area contributed by atoms with Crippen LogP contribution in [0.4, 0.5) is 0 Å². The van der Waals surface area contributed by atoms with Crippen LogP contribution in [0.3, 0.4) is 0 Å². The Morgan fingerprint density at radius 3 is 1.63 bits per heavy atom. The summed E-state index contributed by atoms with van der Waals surface area (Å²) in [4.78, 5) is 0. The van der Waals surface area contributed by atoms with Crippen LogP contribution in [0.5, 0.6) is 11.5 Å². The highest BCUT2D eigenvalue weighted by Gasteiger charge is 2.41. The van der Waals surface area contributed by atoms with Crippen molar-refractivity contribution in [3.8, 4) is 11.5 Å². The number of ether oxygens (including phenoxy) is 2. The molecule has 0 saturated heterocycles. The Labute approximate surface area is 267 Å². The average molecular weight is 700 g/mol. The molecule has 0 radical (unpaired) electrons. The molecular formula is C35H38Br2ClNO2. The topological polar surface area (TPSA) is 30.5 Å². The molecule has 216 valence electrons. The highest BCUT2D eigenvalue weighted by atomic mass is 79.9. The second kappa shape index (κ2) is 15.8. The van der Waals surface area contributed by atoms with Crippen molar-refractivity contribution >= 4 is 44.3 Å². The minimum atomic E-state index is -0.0559. The van der Waals surface area contributed by atoms with Crippen LogP contribution < -0.4 is 14.8 Å². The van der Waals surface area contributed by atoms with E-state index in [1.165, 1.54) is 30.4 Å². The number of hydrogen-bond donors (Lipinski definition) is 1. The summed E-state index contributed by atoms with van der Waals surface area (Å²) in [5.41, 5.74) is 2.57.